The summed E-state index contributed by atoms with van der Waals surface area (Å²) < 4.78 is 43.3. The Bertz CT molecular complexity index is 939. The van der Waals surface area contributed by atoms with Crippen molar-refractivity contribution in [3.05, 3.63) is 53.7 Å². The van der Waals surface area contributed by atoms with Crippen molar-refractivity contribution >= 4 is 17.5 Å². The lowest BCUT2D eigenvalue weighted by molar-refractivity contribution is -0.144. The van der Waals surface area contributed by atoms with E-state index in [1.54, 1.807) is 9.80 Å². The summed E-state index contributed by atoms with van der Waals surface area (Å²) >= 11 is 0. The van der Waals surface area contributed by atoms with Gasteiger partial charge in [0, 0.05) is 30.9 Å². The Labute approximate surface area is 171 Å². The number of aromatic nitrogens is 1. The molecular formula is C21H20F3N3O3. The molecule has 2 saturated heterocycles. The first-order chi connectivity index (χ1) is 14.2. The van der Waals surface area contributed by atoms with Gasteiger partial charge in [0.2, 0.25) is 17.7 Å². The fourth-order valence-corrected chi connectivity index (χ4v) is 3.59. The summed E-state index contributed by atoms with van der Waals surface area (Å²) in [6.07, 6.45) is -3.89. The zero-order chi connectivity index (χ0) is 21.5. The van der Waals surface area contributed by atoms with Crippen molar-refractivity contribution in [1.82, 2.24) is 9.88 Å². The maximum Gasteiger partial charge on any atom is 0.417 e. The number of amides is 2. The minimum absolute atomic E-state index is 0.0838. The van der Waals surface area contributed by atoms with E-state index in [4.69, 9.17) is 4.74 Å². The van der Waals surface area contributed by atoms with E-state index < -0.39 is 17.7 Å². The van der Waals surface area contributed by atoms with E-state index in [-0.39, 0.29) is 30.2 Å². The van der Waals surface area contributed by atoms with Gasteiger partial charge in [0.25, 0.3) is 0 Å². The minimum atomic E-state index is -4.45. The fourth-order valence-electron chi connectivity index (χ4n) is 3.59. The van der Waals surface area contributed by atoms with Crippen LogP contribution in [0.5, 0.6) is 5.88 Å². The van der Waals surface area contributed by atoms with Crippen LogP contribution in [0.2, 0.25) is 0 Å². The van der Waals surface area contributed by atoms with Crippen molar-refractivity contribution in [3.63, 3.8) is 0 Å². The van der Waals surface area contributed by atoms with E-state index >= 15 is 0 Å². The molecule has 1 atom stereocenters. The number of halogens is 3. The van der Waals surface area contributed by atoms with Gasteiger partial charge in [0.15, 0.2) is 0 Å². The van der Waals surface area contributed by atoms with Gasteiger partial charge in [0.05, 0.1) is 24.6 Å². The number of aryl methyl sites for hydroxylation is 1. The van der Waals surface area contributed by atoms with Crippen LogP contribution in [0, 0.1) is 12.8 Å². The molecule has 1 unspecified atom stereocenters. The van der Waals surface area contributed by atoms with E-state index in [9.17, 15) is 22.8 Å². The summed E-state index contributed by atoms with van der Waals surface area (Å²) in [5, 5.41) is 0. The number of carbonyl (C=O) groups is 2. The number of ether oxygens (including phenoxy) is 1. The van der Waals surface area contributed by atoms with Crippen LogP contribution < -0.4 is 9.64 Å². The van der Waals surface area contributed by atoms with E-state index in [1.807, 2.05) is 31.2 Å². The SMILES string of the molecule is Cc1ccc(N2CC(C(=O)N3CC(Oc4ccc(C(F)(F)F)cn4)C3)CC2=O)cc1. The van der Waals surface area contributed by atoms with Crippen molar-refractivity contribution < 1.29 is 27.5 Å². The predicted octanol–water partition coefficient (Wildman–Crippen LogP) is 3.05. The van der Waals surface area contributed by atoms with Crippen LogP contribution in [0.15, 0.2) is 42.6 Å². The number of pyridine rings is 1. The molecule has 0 saturated carbocycles. The molecule has 2 fully saturated rings. The standard InChI is InChI=1S/C21H20F3N3O3/c1-13-2-5-16(6-3-13)27-10-14(8-19(27)28)20(29)26-11-17(12-26)30-18-7-4-15(9-25-18)21(22,23)24/h2-7,9,14,17H,8,10-12H2,1H3. The predicted molar refractivity (Wildman–Crippen MR) is 102 cm³/mol. The Morgan fingerprint density at radius 3 is 2.40 bits per heavy atom. The zero-order valence-corrected chi connectivity index (χ0v) is 16.2. The number of rotatable bonds is 4. The molecule has 158 valence electrons. The second-order valence-corrected chi connectivity index (χ2v) is 7.61. The van der Waals surface area contributed by atoms with Crippen LogP contribution in [-0.4, -0.2) is 47.4 Å². The summed E-state index contributed by atoms with van der Waals surface area (Å²) in [4.78, 5) is 32.0. The molecule has 4 rings (SSSR count). The second kappa shape index (κ2) is 7.62. The van der Waals surface area contributed by atoms with Crippen LogP contribution in [0.1, 0.15) is 17.5 Å². The number of carbonyl (C=O) groups excluding carboxylic acids is 2. The maximum absolute atomic E-state index is 12.7. The van der Waals surface area contributed by atoms with Gasteiger partial charge in [-0.25, -0.2) is 4.98 Å². The molecule has 1 aromatic heterocycles. The first-order valence-corrected chi connectivity index (χ1v) is 9.56. The Kier molecular flexibility index (Phi) is 5.13. The molecule has 2 amide bonds. The summed E-state index contributed by atoms with van der Waals surface area (Å²) in [5.41, 5.74) is 1.02. The maximum atomic E-state index is 12.7. The molecule has 2 aromatic rings. The van der Waals surface area contributed by atoms with Gasteiger partial charge in [-0.2, -0.15) is 13.2 Å². The summed E-state index contributed by atoms with van der Waals surface area (Å²) in [5.74, 6) is -0.525. The smallest absolute Gasteiger partial charge is 0.417 e. The third kappa shape index (κ3) is 4.10. The lowest BCUT2D eigenvalue weighted by Crippen LogP contribution is -2.57. The molecule has 2 aliphatic rings. The van der Waals surface area contributed by atoms with Crippen LogP contribution in [0.3, 0.4) is 0 Å². The monoisotopic (exact) mass is 419 g/mol. The van der Waals surface area contributed by atoms with Crippen molar-refractivity contribution in [2.75, 3.05) is 24.5 Å². The molecule has 3 heterocycles. The van der Waals surface area contributed by atoms with Crippen molar-refractivity contribution in [2.24, 2.45) is 5.92 Å². The highest BCUT2D eigenvalue weighted by atomic mass is 19.4. The molecule has 0 N–H and O–H groups in total. The van der Waals surface area contributed by atoms with Crippen molar-refractivity contribution in [1.29, 1.82) is 0 Å². The number of hydrogen-bond donors (Lipinski definition) is 0. The fraction of sp³-hybridized carbons (Fsp3) is 0.381. The van der Waals surface area contributed by atoms with Gasteiger partial charge in [-0.3, -0.25) is 9.59 Å². The zero-order valence-electron chi connectivity index (χ0n) is 16.2. The number of nitrogens with zero attached hydrogens (tertiary/aromatic N) is 3. The molecule has 1 aromatic carbocycles. The molecule has 0 radical (unpaired) electrons. The number of likely N-dealkylation sites (tertiary alicyclic amines) is 1. The third-order valence-electron chi connectivity index (χ3n) is 5.33. The lowest BCUT2D eigenvalue weighted by atomic mass is 10.0. The second-order valence-electron chi connectivity index (χ2n) is 7.61. The molecule has 0 bridgehead atoms. The molecule has 2 aliphatic heterocycles. The van der Waals surface area contributed by atoms with Crippen LogP contribution in [0.4, 0.5) is 18.9 Å². The van der Waals surface area contributed by atoms with Gasteiger partial charge in [-0.15, -0.1) is 0 Å². The molecule has 6 nitrogen and oxygen atoms in total. The highest BCUT2D eigenvalue weighted by Gasteiger charge is 2.41. The molecule has 9 heteroatoms. The average Bonchev–Trinajstić information content (AvgIpc) is 3.06. The van der Waals surface area contributed by atoms with Gasteiger partial charge in [-0.1, -0.05) is 17.7 Å². The number of alkyl halides is 3. The van der Waals surface area contributed by atoms with Gasteiger partial charge >= 0.3 is 6.18 Å². The van der Waals surface area contributed by atoms with E-state index in [0.717, 1.165) is 23.5 Å². The number of benzene rings is 1. The van der Waals surface area contributed by atoms with E-state index in [0.29, 0.717) is 19.6 Å². The van der Waals surface area contributed by atoms with E-state index in [2.05, 4.69) is 4.98 Å². The largest absolute Gasteiger partial charge is 0.471 e. The van der Waals surface area contributed by atoms with Gasteiger partial charge in [-0.05, 0) is 25.1 Å². The topological polar surface area (TPSA) is 62.7 Å². The van der Waals surface area contributed by atoms with Crippen molar-refractivity contribution in [2.45, 2.75) is 25.6 Å². The molecular weight excluding hydrogens is 399 g/mol. The third-order valence-corrected chi connectivity index (χ3v) is 5.33. The Balaban J connectivity index is 1.29. The number of anilines is 1. The summed E-state index contributed by atoms with van der Waals surface area (Å²) in [6.45, 7) is 2.93. The quantitative estimate of drug-likeness (QED) is 0.764. The normalized spacial score (nSPS) is 19.7. The highest BCUT2D eigenvalue weighted by molar-refractivity contribution is 6.00. The van der Waals surface area contributed by atoms with Gasteiger partial charge in [0.1, 0.15) is 6.10 Å². The molecule has 0 aliphatic carbocycles. The summed E-state index contributed by atoms with van der Waals surface area (Å²) in [7, 11) is 0. The van der Waals surface area contributed by atoms with Crippen LogP contribution in [0.25, 0.3) is 0 Å². The summed E-state index contributed by atoms with van der Waals surface area (Å²) in [6, 6.07) is 9.65. The minimum Gasteiger partial charge on any atom is -0.471 e. The molecule has 0 spiro atoms. The Morgan fingerprint density at radius 2 is 1.80 bits per heavy atom. The highest BCUT2D eigenvalue weighted by Crippen LogP contribution is 2.30. The van der Waals surface area contributed by atoms with E-state index in [1.165, 1.54) is 6.07 Å². The lowest BCUT2D eigenvalue weighted by Gasteiger charge is -2.39. The van der Waals surface area contributed by atoms with Crippen LogP contribution >= 0.6 is 0 Å². The first-order valence-electron chi connectivity index (χ1n) is 9.56. The Hall–Kier alpha value is -3.10. The van der Waals surface area contributed by atoms with Crippen LogP contribution in [-0.2, 0) is 15.8 Å². The average molecular weight is 419 g/mol. The first kappa shape index (κ1) is 20.2. The Morgan fingerprint density at radius 1 is 1.10 bits per heavy atom. The van der Waals surface area contributed by atoms with Crippen molar-refractivity contribution in [3.8, 4) is 5.88 Å². The number of hydrogen-bond acceptors (Lipinski definition) is 4. The van der Waals surface area contributed by atoms with Gasteiger partial charge < -0.3 is 14.5 Å². The molecule has 30 heavy (non-hydrogen) atoms.